The average molecular weight is 342 g/mol. The second-order valence-corrected chi connectivity index (χ2v) is 5.67. The van der Waals surface area contributed by atoms with Crippen molar-refractivity contribution in [3.8, 4) is 11.3 Å². The molecule has 2 N–H and O–H groups in total. The van der Waals surface area contributed by atoms with Crippen LogP contribution in [-0.2, 0) is 13.6 Å². The Morgan fingerprint density at radius 1 is 1.21 bits per heavy atom. The Morgan fingerprint density at radius 3 is 2.71 bits per heavy atom. The van der Waals surface area contributed by atoms with Crippen LogP contribution in [0.1, 0.15) is 5.56 Å². The van der Waals surface area contributed by atoms with E-state index in [2.05, 4.69) is 20.7 Å². The van der Waals surface area contributed by atoms with Gasteiger partial charge in [0, 0.05) is 48.5 Å². The molecule has 7 heteroatoms. The van der Waals surface area contributed by atoms with E-state index in [1.54, 1.807) is 47.5 Å². The zero-order valence-electron chi connectivity index (χ0n) is 13.0. The van der Waals surface area contributed by atoms with Crippen molar-refractivity contribution in [2.45, 2.75) is 6.54 Å². The monoisotopic (exact) mass is 341 g/mol. The lowest BCUT2D eigenvalue weighted by atomic mass is 10.1. The standard InChI is InChI=1S/C17H16ClN5O/c1-23-16(6-7-21-23)13-8-12(9-19-11-13)10-20-17(24)22-15-4-2-14(18)3-5-15/h2-9,11H,10H2,1H3,(H2,20,22,24). The van der Waals surface area contributed by atoms with Gasteiger partial charge in [-0.15, -0.1) is 0 Å². The Kier molecular flexibility index (Phi) is 4.77. The normalized spacial score (nSPS) is 10.4. The zero-order valence-corrected chi connectivity index (χ0v) is 13.8. The molecule has 0 bridgehead atoms. The van der Waals surface area contributed by atoms with Crippen LogP contribution < -0.4 is 10.6 Å². The minimum Gasteiger partial charge on any atom is -0.334 e. The molecule has 0 fully saturated rings. The lowest BCUT2D eigenvalue weighted by Gasteiger charge is -2.09. The highest BCUT2D eigenvalue weighted by molar-refractivity contribution is 6.30. The molecule has 6 nitrogen and oxygen atoms in total. The summed E-state index contributed by atoms with van der Waals surface area (Å²) in [5.41, 5.74) is 3.50. The predicted octanol–water partition coefficient (Wildman–Crippen LogP) is 3.46. The van der Waals surface area contributed by atoms with E-state index in [0.29, 0.717) is 17.3 Å². The Balaban J connectivity index is 1.61. The quantitative estimate of drug-likeness (QED) is 0.763. The molecular formula is C17H16ClN5O. The molecule has 0 atom stereocenters. The number of nitrogens with one attached hydrogen (secondary N) is 2. The third-order valence-electron chi connectivity index (χ3n) is 3.47. The predicted molar refractivity (Wildman–Crippen MR) is 93.7 cm³/mol. The van der Waals surface area contributed by atoms with Gasteiger partial charge >= 0.3 is 6.03 Å². The molecular weight excluding hydrogens is 326 g/mol. The molecule has 0 aliphatic carbocycles. The van der Waals surface area contributed by atoms with E-state index in [1.807, 2.05) is 19.2 Å². The van der Waals surface area contributed by atoms with Crippen molar-refractivity contribution in [1.82, 2.24) is 20.1 Å². The van der Waals surface area contributed by atoms with Gasteiger partial charge in [0.2, 0.25) is 0 Å². The fourth-order valence-electron chi connectivity index (χ4n) is 2.27. The highest BCUT2D eigenvalue weighted by atomic mass is 35.5. The van der Waals surface area contributed by atoms with Crippen LogP contribution in [0, 0.1) is 0 Å². The number of anilines is 1. The number of pyridine rings is 1. The molecule has 2 heterocycles. The van der Waals surface area contributed by atoms with Crippen molar-refractivity contribution < 1.29 is 4.79 Å². The lowest BCUT2D eigenvalue weighted by Crippen LogP contribution is -2.28. The van der Waals surface area contributed by atoms with E-state index in [-0.39, 0.29) is 6.03 Å². The summed E-state index contributed by atoms with van der Waals surface area (Å²) in [6.45, 7) is 0.373. The van der Waals surface area contributed by atoms with Crippen LogP contribution in [-0.4, -0.2) is 20.8 Å². The number of benzene rings is 1. The first kappa shape index (κ1) is 16.0. The summed E-state index contributed by atoms with van der Waals surface area (Å²) in [6, 6.07) is 10.5. The van der Waals surface area contributed by atoms with Gasteiger partial charge in [0.05, 0.1) is 5.69 Å². The Hall–Kier alpha value is -2.86. The maximum atomic E-state index is 11.9. The molecule has 0 unspecified atom stereocenters. The van der Waals surface area contributed by atoms with Gasteiger partial charge in [0.1, 0.15) is 0 Å². The van der Waals surface area contributed by atoms with Crippen molar-refractivity contribution in [2.75, 3.05) is 5.32 Å². The maximum Gasteiger partial charge on any atom is 0.319 e. The minimum absolute atomic E-state index is 0.289. The minimum atomic E-state index is -0.289. The van der Waals surface area contributed by atoms with Crippen molar-refractivity contribution in [3.05, 3.63) is 65.6 Å². The van der Waals surface area contributed by atoms with Crippen LogP contribution in [0.25, 0.3) is 11.3 Å². The lowest BCUT2D eigenvalue weighted by molar-refractivity contribution is 0.251. The summed E-state index contributed by atoms with van der Waals surface area (Å²) in [4.78, 5) is 16.2. The van der Waals surface area contributed by atoms with Gasteiger partial charge in [-0.3, -0.25) is 9.67 Å². The van der Waals surface area contributed by atoms with Gasteiger partial charge in [0.25, 0.3) is 0 Å². The summed E-state index contributed by atoms with van der Waals surface area (Å²) in [5, 5.41) is 10.3. The first-order valence-electron chi connectivity index (χ1n) is 7.34. The van der Waals surface area contributed by atoms with Crippen LogP contribution in [0.2, 0.25) is 5.02 Å². The van der Waals surface area contributed by atoms with E-state index in [9.17, 15) is 4.79 Å². The van der Waals surface area contributed by atoms with Crippen LogP contribution in [0.5, 0.6) is 0 Å². The molecule has 3 rings (SSSR count). The molecule has 0 spiro atoms. The topological polar surface area (TPSA) is 71.8 Å². The van der Waals surface area contributed by atoms with E-state index in [4.69, 9.17) is 11.6 Å². The van der Waals surface area contributed by atoms with Gasteiger partial charge < -0.3 is 10.6 Å². The summed E-state index contributed by atoms with van der Waals surface area (Å²) in [6.07, 6.45) is 5.23. The van der Waals surface area contributed by atoms with Crippen LogP contribution in [0.15, 0.2) is 55.0 Å². The Bertz CT molecular complexity index is 844. The third kappa shape index (κ3) is 3.91. The summed E-state index contributed by atoms with van der Waals surface area (Å²) in [7, 11) is 1.87. The largest absolute Gasteiger partial charge is 0.334 e. The molecule has 0 saturated heterocycles. The van der Waals surface area contributed by atoms with Crippen LogP contribution in [0.4, 0.5) is 10.5 Å². The number of carbonyl (C=O) groups is 1. The van der Waals surface area contributed by atoms with Gasteiger partial charge in [-0.2, -0.15) is 5.10 Å². The second-order valence-electron chi connectivity index (χ2n) is 5.24. The molecule has 0 aliphatic rings. The van der Waals surface area contributed by atoms with E-state index >= 15 is 0 Å². The van der Waals surface area contributed by atoms with Crippen molar-refractivity contribution in [1.29, 1.82) is 0 Å². The third-order valence-corrected chi connectivity index (χ3v) is 3.72. The molecule has 0 saturated carbocycles. The molecule has 1 aromatic carbocycles. The van der Waals surface area contributed by atoms with Crippen molar-refractivity contribution in [2.24, 2.45) is 7.05 Å². The fourth-order valence-corrected chi connectivity index (χ4v) is 2.40. The summed E-state index contributed by atoms with van der Waals surface area (Å²) < 4.78 is 1.78. The number of halogens is 1. The number of aryl methyl sites for hydroxylation is 1. The number of urea groups is 1. The average Bonchev–Trinajstić information content (AvgIpc) is 3.01. The summed E-state index contributed by atoms with van der Waals surface area (Å²) >= 11 is 5.82. The number of carbonyl (C=O) groups excluding carboxylic acids is 1. The molecule has 122 valence electrons. The molecule has 0 aliphatic heterocycles. The molecule has 3 aromatic rings. The Labute approximate surface area is 144 Å². The molecule has 24 heavy (non-hydrogen) atoms. The highest BCUT2D eigenvalue weighted by Gasteiger charge is 2.06. The Morgan fingerprint density at radius 2 is 2.00 bits per heavy atom. The molecule has 0 radical (unpaired) electrons. The van der Waals surface area contributed by atoms with Gasteiger partial charge in [-0.25, -0.2) is 4.79 Å². The zero-order chi connectivity index (χ0) is 16.9. The summed E-state index contributed by atoms with van der Waals surface area (Å²) in [5.74, 6) is 0. The van der Waals surface area contributed by atoms with Gasteiger partial charge in [-0.1, -0.05) is 11.6 Å². The second kappa shape index (κ2) is 7.14. The number of hydrogen-bond donors (Lipinski definition) is 2. The van der Waals surface area contributed by atoms with E-state index in [0.717, 1.165) is 16.8 Å². The maximum absolute atomic E-state index is 11.9. The van der Waals surface area contributed by atoms with Crippen LogP contribution in [0.3, 0.4) is 0 Å². The fraction of sp³-hybridized carbons (Fsp3) is 0.118. The number of aromatic nitrogens is 3. The molecule has 2 aromatic heterocycles. The molecule has 2 amide bonds. The van der Waals surface area contributed by atoms with E-state index in [1.165, 1.54) is 0 Å². The van der Waals surface area contributed by atoms with Crippen molar-refractivity contribution in [3.63, 3.8) is 0 Å². The van der Waals surface area contributed by atoms with Gasteiger partial charge in [0.15, 0.2) is 0 Å². The highest BCUT2D eigenvalue weighted by Crippen LogP contribution is 2.18. The first-order chi connectivity index (χ1) is 11.6. The smallest absolute Gasteiger partial charge is 0.319 e. The van der Waals surface area contributed by atoms with Crippen LogP contribution >= 0.6 is 11.6 Å². The number of amides is 2. The van der Waals surface area contributed by atoms with Crippen molar-refractivity contribution >= 4 is 23.3 Å². The number of hydrogen-bond acceptors (Lipinski definition) is 3. The SMILES string of the molecule is Cn1nccc1-c1cncc(CNC(=O)Nc2ccc(Cl)cc2)c1. The number of rotatable bonds is 4. The first-order valence-corrected chi connectivity index (χ1v) is 7.72. The van der Waals surface area contributed by atoms with Gasteiger partial charge in [-0.05, 0) is 42.0 Å². The van der Waals surface area contributed by atoms with E-state index < -0.39 is 0 Å². The number of nitrogens with zero attached hydrogens (tertiary/aromatic N) is 3.